The summed E-state index contributed by atoms with van der Waals surface area (Å²) in [6, 6.07) is 4.89. The Morgan fingerprint density at radius 2 is 2.12 bits per heavy atom. The van der Waals surface area contributed by atoms with E-state index in [1.807, 2.05) is 0 Å². The Hall–Kier alpha value is -2.06. The van der Waals surface area contributed by atoms with Crippen molar-refractivity contribution >= 4 is 18.3 Å². The largest absolute Gasteiger partial charge is 0.416 e. The van der Waals surface area contributed by atoms with Crippen LogP contribution < -0.4 is 5.73 Å². The Kier molecular flexibility index (Phi) is 5.98. The molecule has 2 heterocycles. The molecule has 2 aromatic rings. The van der Waals surface area contributed by atoms with E-state index < -0.39 is 11.7 Å². The molecular formula is C17H20ClF3N4O. The van der Waals surface area contributed by atoms with Gasteiger partial charge in [0.15, 0.2) is 0 Å². The van der Waals surface area contributed by atoms with E-state index in [1.54, 1.807) is 11.8 Å². The number of amides is 1. The van der Waals surface area contributed by atoms with Crippen molar-refractivity contribution in [2.45, 2.75) is 19.5 Å². The van der Waals surface area contributed by atoms with Crippen LogP contribution in [0, 0.1) is 12.8 Å². The number of alkyl halides is 3. The van der Waals surface area contributed by atoms with Gasteiger partial charge in [-0.3, -0.25) is 4.79 Å². The van der Waals surface area contributed by atoms with Gasteiger partial charge in [0.05, 0.1) is 28.7 Å². The summed E-state index contributed by atoms with van der Waals surface area (Å²) in [7, 11) is 0. The highest BCUT2D eigenvalue weighted by molar-refractivity contribution is 5.95. The van der Waals surface area contributed by atoms with E-state index in [9.17, 15) is 18.0 Å². The Morgan fingerprint density at radius 3 is 2.73 bits per heavy atom. The summed E-state index contributed by atoms with van der Waals surface area (Å²) >= 11 is 0. The van der Waals surface area contributed by atoms with Gasteiger partial charge in [0.25, 0.3) is 5.91 Å². The minimum Gasteiger partial charge on any atom is -0.338 e. The molecule has 5 nitrogen and oxygen atoms in total. The standard InChI is InChI=1S/C17H19F3N4O.ClH/c1-11-15(16(25)23-6-5-12(8-21)10-23)9-22-24(11)14-4-2-3-13(7-14)17(18,19)20;/h2-4,7,9,12H,5-6,8,10,21H2,1H3;1H. The van der Waals surface area contributed by atoms with E-state index in [4.69, 9.17) is 5.73 Å². The molecule has 1 fully saturated rings. The molecule has 1 aliphatic heterocycles. The first-order chi connectivity index (χ1) is 11.8. The minimum absolute atomic E-state index is 0. The summed E-state index contributed by atoms with van der Waals surface area (Å²) < 4.78 is 40.0. The van der Waals surface area contributed by atoms with Gasteiger partial charge in [0, 0.05) is 13.1 Å². The highest BCUT2D eigenvalue weighted by atomic mass is 35.5. The molecule has 3 rings (SSSR count). The van der Waals surface area contributed by atoms with Crippen LogP contribution in [0.5, 0.6) is 0 Å². The van der Waals surface area contributed by atoms with Crippen LogP contribution in [0.1, 0.15) is 28.0 Å². The van der Waals surface area contributed by atoms with Gasteiger partial charge in [-0.2, -0.15) is 18.3 Å². The molecule has 1 saturated heterocycles. The van der Waals surface area contributed by atoms with Crippen molar-refractivity contribution in [3.63, 3.8) is 0 Å². The van der Waals surface area contributed by atoms with E-state index in [2.05, 4.69) is 5.10 Å². The maximum absolute atomic E-state index is 12.9. The second-order valence-electron chi connectivity index (χ2n) is 6.25. The van der Waals surface area contributed by atoms with Crippen molar-refractivity contribution in [3.8, 4) is 5.69 Å². The number of hydrogen-bond acceptors (Lipinski definition) is 3. The predicted molar refractivity (Wildman–Crippen MR) is 93.6 cm³/mol. The zero-order valence-electron chi connectivity index (χ0n) is 14.2. The summed E-state index contributed by atoms with van der Waals surface area (Å²) in [5.74, 6) is 0.134. The molecule has 1 aromatic carbocycles. The average molecular weight is 389 g/mol. The lowest BCUT2D eigenvalue weighted by Gasteiger charge is -2.16. The number of carbonyl (C=O) groups is 1. The quantitative estimate of drug-likeness (QED) is 0.879. The first-order valence-corrected chi connectivity index (χ1v) is 8.03. The van der Waals surface area contributed by atoms with Crippen molar-refractivity contribution in [2.24, 2.45) is 11.7 Å². The van der Waals surface area contributed by atoms with Crippen LogP contribution in [0.25, 0.3) is 5.69 Å². The van der Waals surface area contributed by atoms with Gasteiger partial charge < -0.3 is 10.6 Å². The van der Waals surface area contributed by atoms with Crippen molar-refractivity contribution in [2.75, 3.05) is 19.6 Å². The second kappa shape index (κ2) is 7.67. The first kappa shape index (κ1) is 20.3. The molecule has 0 spiro atoms. The summed E-state index contributed by atoms with van der Waals surface area (Å²) in [5.41, 5.74) is 6.08. The molecule has 0 saturated carbocycles. The number of rotatable bonds is 3. The summed E-state index contributed by atoms with van der Waals surface area (Å²) in [4.78, 5) is 14.4. The van der Waals surface area contributed by atoms with Crippen LogP contribution in [0.4, 0.5) is 13.2 Å². The van der Waals surface area contributed by atoms with Crippen LogP contribution in [-0.4, -0.2) is 40.2 Å². The molecule has 0 bridgehead atoms. The van der Waals surface area contributed by atoms with E-state index in [1.165, 1.54) is 23.0 Å². The van der Waals surface area contributed by atoms with E-state index in [-0.39, 0.29) is 24.0 Å². The highest BCUT2D eigenvalue weighted by Crippen LogP contribution is 2.30. The minimum atomic E-state index is -4.43. The number of nitrogens with two attached hydrogens (primary N) is 1. The van der Waals surface area contributed by atoms with Gasteiger partial charge in [0.1, 0.15) is 0 Å². The number of likely N-dealkylation sites (tertiary alicyclic amines) is 1. The van der Waals surface area contributed by atoms with Crippen molar-refractivity contribution < 1.29 is 18.0 Å². The SMILES string of the molecule is Cc1c(C(=O)N2CCC(CN)C2)cnn1-c1cccc(C(F)(F)F)c1.Cl. The normalized spacial score (nSPS) is 17.3. The Morgan fingerprint density at radius 1 is 1.38 bits per heavy atom. The van der Waals surface area contributed by atoms with Crippen LogP contribution in [-0.2, 0) is 6.18 Å². The number of halogens is 4. The third-order valence-electron chi connectivity index (χ3n) is 4.56. The molecule has 1 unspecified atom stereocenters. The van der Waals surface area contributed by atoms with E-state index >= 15 is 0 Å². The van der Waals surface area contributed by atoms with Crippen LogP contribution in [0.3, 0.4) is 0 Å². The van der Waals surface area contributed by atoms with Crippen LogP contribution >= 0.6 is 12.4 Å². The van der Waals surface area contributed by atoms with Crippen molar-refractivity contribution in [1.82, 2.24) is 14.7 Å². The number of benzene rings is 1. The first-order valence-electron chi connectivity index (χ1n) is 8.03. The molecular weight excluding hydrogens is 369 g/mol. The zero-order chi connectivity index (χ0) is 18.2. The molecule has 0 radical (unpaired) electrons. The molecule has 26 heavy (non-hydrogen) atoms. The summed E-state index contributed by atoms with van der Waals surface area (Å²) in [6.45, 7) is 3.45. The summed E-state index contributed by atoms with van der Waals surface area (Å²) in [5, 5.41) is 4.12. The van der Waals surface area contributed by atoms with Crippen molar-refractivity contribution in [3.05, 3.63) is 47.3 Å². The molecule has 1 atom stereocenters. The van der Waals surface area contributed by atoms with Gasteiger partial charge in [-0.05, 0) is 44.0 Å². The summed E-state index contributed by atoms with van der Waals surface area (Å²) in [6.07, 6.45) is -2.15. The Bertz CT molecular complexity index is 791. The van der Waals surface area contributed by atoms with Gasteiger partial charge in [-0.15, -0.1) is 12.4 Å². The fourth-order valence-corrected chi connectivity index (χ4v) is 3.07. The third kappa shape index (κ3) is 3.86. The predicted octanol–water partition coefficient (Wildman–Crippen LogP) is 3.04. The lowest BCUT2D eigenvalue weighted by Crippen LogP contribution is -2.30. The van der Waals surface area contributed by atoms with Gasteiger partial charge in [0.2, 0.25) is 0 Å². The van der Waals surface area contributed by atoms with Gasteiger partial charge in [-0.25, -0.2) is 4.68 Å². The van der Waals surface area contributed by atoms with Gasteiger partial charge >= 0.3 is 6.18 Å². The second-order valence-corrected chi connectivity index (χ2v) is 6.25. The molecule has 1 aromatic heterocycles. The van der Waals surface area contributed by atoms with E-state index in [0.29, 0.717) is 36.8 Å². The van der Waals surface area contributed by atoms with Crippen LogP contribution in [0.15, 0.2) is 30.5 Å². The smallest absolute Gasteiger partial charge is 0.338 e. The molecule has 2 N–H and O–H groups in total. The highest BCUT2D eigenvalue weighted by Gasteiger charge is 2.31. The third-order valence-corrected chi connectivity index (χ3v) is 4.56. The molecule has 1 amide bonds. The average Bonchev–Trinajstić information content (AvgIpc) is 3.20. The lowest BCUT2D eigenvalue weighted by molar-refractivity contribution is -0.137. The topological polar surface area (TPSA) is 64.2 Å². The lowest BCUT2D eigenvalue weighted by atomic mass is 10.1. The number of nitrogens with zero attached hydrogens (tertiary/aromatic N) is 3. The van der Waals surface area contributed by atoms with Crippen molar-refractivity contribution in [1.29, 1.82) is 0 Å². The fraction of sp³-hybridized carbons (Fsp3) is 0.412. The Labute approximate surface area is 155 Å². The van der Waals surface area contributed by atoms with E-state index in [0.717, 1.165) is 18.6 Å². The molecule has 9 heteroatoms. The van der Waals surface area contributed by atoms with Crippen LogP contribution in [0.2, 0.25) is 0 Å². The maximum atomic E-state index is 12.9. The molecule has 0 aliphatic carbocycles. The number of aromatic nitrogens is 2. The Balaban J connectivity index is 0.00000243. The maximum Gasteiger partial charge on any atom is 0.416 e. The number of carbonyl (C=O) groups excluding carboxylic acids is 1. The van der Waals surface area contributed by atoms with Gasteiger partial charge in [-0.1, -0.05) is 6.07 Å². The molecule has 142 valence electrons. The number of hydrogen-bond donors (Lipinski definition) is 1. The zero-order valence-corrected chi connectivity index (χ0v) is 15.0. The monoisotopic (exact) mass is 388 g/mol. The molecule has 1 aliphatic rings. The fourth-order valence-electron chi connectivity index (χ4n) is 3.07.